The standard InChI is InChI=1S/C16H13ClFN3O3/c1-8(15(22)20-12-4-2-9(18)6-11(12)17)19-10-3-5-14-13(7-10)21-16(23)24-14/h2-8,19H,1H3,(H,20,22)(H,21,23)/t8-/m0/s1. The lowest BCUT2D eigenvalue weighted by Gasteiger charge is -2.16. The molecule has 1 heterocycles. The maximum Gasteiger partial charge on any atom is 0.417 e. The molecule has 0 aliphatic heterocycles. The first kappa shape index (κ1) is 16.1. The lowest BCUT2D eigenvalue weighted by Crippen LogP contribution is -2.31. The number of carbonyl (C=O) groups is 1. The van der Waals surface area contributed by atoms with Crippen LogP contribution in [0.3, 0.4) is 0 Å². The van der Waals surface area contributed by atoms with Crippen molar-refractivity contribution in [2.24, 2.45) is 0 Å². The SMILES string of the molecule is C[C@H](Nc1ccc2oc(=O)[nH]c2c1)C(=O)Nc1ccc(F)cc1Cl. The van der Waals surface area contributed by atoms with Gasteiger partial charge in [-0.1, -0.05) is 11.6 Å². The minimum absolute atomic E-state index is 0.118. The molecule has 124 valence electrons. The molecule has 1 aromatic heterocycles. The van der Waals surface area contributed by atoms with E-state index in [-0.39, 0.29) is 10.9 Å². The van der Waals surface area contributed by atoms with Crippen molar-refractivity contribution < 1.29 is 13.6 Å². The van der Waals surface area contributed by atoms with E-state index in [4.69, 9.17) is 16.0 Å². The zero-order valence-corrected chi connectivity index (χ0v) is 13.3. The van der Waals surface area contributed by atoms with Crippen LogP contribution in [0, 0.1) is 5.82 Å². The number of aromatic nitrogens is 1. The summed E-state index contributed by atoms with van der Waals surface area (Å²) in [6.45, 7) is 1.66. The van der Waals surface area contributed by atoms with Gasteiger partial charge >= 0.3 is 5.76 Å². The van der Waals surface area contributed by atoms with Gasteiger partial charge in [-0.2, -0.15) is 0 Å². The third kappa shape index (κ3) is 3.41. The van der Waals surface area contributed by atoms with E-state index in [0.717, 1.165) is 6.07 Å². The van der Waals surface area contributed by atoms with Crippen molar-refractivity contribution >= 4 is 40.0 Å². The molecular formula is C16H13ClFN3O3. The number of carbonyl (C=O) groups excluding carboxylic acids is 1. The van der Waals surface area contributed by atoms with Crippen LogP contribution in [0.5, 0.6) is 0 Å². The number of nitrogens with one attached hydrogen (secondary N) is 3. The summed E-state index contributed by atoms with van der Waals surface area (Å²) in [4.78, 5) is 25.9. The van der Waals surface area contributed by atoms with Gasteiger partial charge in [0.1, 0.15) is 11.9 Å². The van der Waals surface area contributed by atoms with Crippen LogP contribution in [0.15, 0.2) is 45.6 Å². The van der Waals surface area contributed by atoms with Crippen LogP contribution in [0.4, 0.5) is 15.8 Å². The van der Waals surface area contributed by atoms with Gasteiger partial charge in [0.2, 0.25) is 5.91 Å². The largest absolute Gasteiger partial charge is 0.417 e. The Bertz CT molecular complexity index is 967. The second kappa shape index (κ2) is 6.37. The van der Waals surface area contributed by atoms with Crippen molar-refractivity contribution in [3.63, 3.8) is 0 Å². The lowest BCUT2D eigenvalue weighted by molar-refractivity contribution is -0.116. The quantitative estimate of drug-likeness (QED) is 0.674. The summed E-state index contributed by atoms with van der Waals surface area (Å²) in [6.07, 6.45) is 0. The Kier molecular flexibility index (Phi) is 4.26. The maximum absolute atomic E-state index is 13.0. The van der Waals surface area contributed by atoms with Crippen LogP contribution in [0.2, 0.25) is 5.02 Å². The molecule has 8 heteroatoms. The fourth-order valence-corrected chi connectivity index (χ4v) is 2.40. The first-order valence-corrected chi connectivity index (χ1v) is 7.45. The first-order valence-electron chi connectivity index (χ1n) is 7.08. The molecule has 0 spiro atoms. The molecule has 3 aromatic rings. The molecule has 3 N–H and O–H groups in total. The van der Waals surface area contributed by atoms with Gasteiger partial charge in [0.25, 0.3) is 0 Å². The number of halogens is 2. The van der Waals surface area contributed by atoms with Crippen LogP contribution in [-0.4, -0.2) is 16.9 Å². The number of hydrogen-bond donors (Lipinski definition) is 3. The van der Waals surface area contributed by atoms with Gasteiger partial charge < -0.3 is 15.1 Å². The van der Waals surface area contributed by atoms with Crippen LogP contribution >= 0.6 is 11.6 Å². The zero-order valence-electron chi connectivity index (χ0n) is 12.5. The molecule has 0 aliphatic rings. The Hall–Kier alpha value is -2.80. The maximum atomic E-state index is 13.0. The molecule has 24 heavy (non-hydrogen) atoms. The summed E-state index contributed by atoms with van der Waals surface area (Å²) in [5.41, 5.74) is 1.92. The van der Waals surface area contributed by atoms with Crippen LogP contribution < -0.4 is 16.4 Å². The summed E-state index contributed by atoms with van der Waals surface area (Å²) >= 11 is 5.89. The summed E-state index contributed by atoms with van der Waals surface area (Å²) in [7, 11) is 0. The van der Waals surface area contributed by atoms with Crippen molar-refractivity contribution in [2.45, 2.75) is 13.0 Å². The van der Waals surface area contributed by atoms with E-state index in [0.29, 0.717) is 22.5 Å². The van der Waals surface area contributed by atoms with Gasteiger partial charge in [0.15, 0.2) is 5.58 Å². The second-order valence-corrected chi connectivity index (χ2v) is 5.61. The monoisotopic (exact) mass is 349 g/mol. The molecule has 0 bridgehead atoms. The minimum atomic E-state index is -0.595. The Balaban J connectivity index is 1.71. The van der Waals surface area contributed by atoms with Gasteiger partial charge in [0, 0.05) is 5.69 Å². The number of aromatic amines is 1. The second-order valence-electron chi connectivity index (χ2n) is 5.20. The number of amides is 1. The molecule has 6 nitrogen and oxygen atoms in total. The number of fused-ring (bicyclic) bond motifs is 1. The molecule has 0 aliphatic carbocycles. The average molecular weight is 350 g/mol. The van der Waals surface area contributed by atoms with E-state index in [1.54, 1.807) is 25.1 Å². The van der Waals surface area contributed by atoms with Crippen LogP contribution in [-0.2, 0) is 4.79 Å². The third-order valence-corrected chi connectivity index (χ3v) is 3.70. The molecule has 0 fully saturated rings. The Morgan fingerprint density at radius 2 is 2.08 bits per heavy atom. The Morgan fingerprint density at radius 3 is 2.83 bits per heavy atom. The van der Waals surface area contributed by atoms with E-state index in [2.05, 4.69) is 15.6 Å². The molecule has 0 saturated heterocycles. The number of benzene rings is 2. The lowest BCUT2D eigenvalue weighted by atomic mass is 10.2. The molecule has 2 aromatic carbocycles. The summed E-state index contributed by atoms with van der Waals surface area (Å²) in [5, 5.41) is 5.74. The van der Waals surface area contributed by atoms with E-state index < -0.39 is 17.6 Å². The average Bonchev–Trinajstić information content (AvgIpc) is 2.89. The van der Waals surface area contributed by atoms with E-state index in [1.165, 1.54) is 12.1 Å². The molecule has 0 saturated carbocycles. The fourth-order valence-electron chi connectivity index (χ4n) is 2.19. The highest BCUT2D eigenvalue weighted by atomic mass is 35.5. The highest BCUT2D eigenvalue weighted by Crippen LogP contribution is 2.23. The van der Waals surface area contributed by atoms with E-state index in [9.17, 15) is 14.0 Å². The number of H-pyrrole nitrogens is 1. The van der Waals surface area contributed by atoms with Crippen molar-refractivity contribution in [3.8, 4) is 0 Å². The molecular weight excluding hydrogens is 337 g/mol. The third-order valence-electron chi connectivity index (χ3n) is 3.38. The topological polar surface area (TPSA) is 87.1 Å². The van der Waals surface area contributed by atoms with Gasteiger partial charge in [0.05, 0.1) is 16.2 Å². The van der Waals surface area contributed by atoms with E-state index >= 15 is 0 Å². The number of hydrogen-bond acceptors (Lipinski definition) is 4. The van der Waals surface area contributed by atoms with Crippen LogP contribution in [0.1, 0.15) is 6.92 Å². The van der Waals surface area contributed by atoms with Gasteiger partial charge in [-0.25, -0.2) is 9.18 Å². The van der Waals surface area contributed by atoms with Crippen molar-refractivity contribution in [3.05, 3.63) is 57.8 Å². The summed E-state index contributed by atoms with van der Waals surface area (Å²) in [6, 6.07) is 8.10. The number of rotatable bonds is 4. The summed E-state index contributed by atoms with van der Waals surface area (Å²) in [5.74, 6) is -1.37. The molecule has 0 radical (unpaired) electrons. The molecule has 1 amide bonds. The predicted octanol–water partition coefficient (Wildman–Crippen LogP) is 3.35. The van der Waals surface area contributed by atoms with Gasteiger partial charge in [-0.05, 0) is 43.3 Å². The highest BCUT2D eigenvalue weighted by Gasteiger charge is 2.15. The molecule has 3 rings (SSSR count). The first-order chi connectivity index (χ1) is 11.4. The Morgan fingerprint density at radius 1 is 1.29 bits per heavy atom. The normalized spacial score (nSPS) is 12.1. The van der Waals surface area contributed by atoms with E-state index in [1.807, 2.05) is 0 Å². The van der Waals surface area contributed by atoms with Crippen molar-refractivity contribution in [1.29, 1.82) is 0 Å². The summed E-state index contributed by atoms with van der Waals surface area (Å²) < 4.78 is 17.9. The number of anilines is 2. The molecule has 0 unspecified atom stereocenters. The zero-order chi connectivity index (χ0) is 17.3. The van der Waals surface area contributed by atoms with Crippen LogP contribution in [0.25, 0.3) is 11.1 Å². The van der Waals surface area contributed by atoms with Gasteiger partial charge in [-0.3, -0.25) is 9.78 Å². The van der Waals surface area contributed by atoms with Gasteiger partial charge in [-0.15, -0.1) is 0 Å². The fraction of sp³-hybridized carbons (Fsp3) is 0.125. The Labute approximate surface area is 140 Å². The van der Waals surface area contributed by atoms with Crippen molar-refractivity contribution in [2.75, 3.05) is 10.6 Å². The predicted molar refractivity (Wildman–Crippen MR) is 90.0 cm³/mol. The molecule has 1 atom stereocenters. The van der Waals surface area contributed by atoms with Crippen molar-refractivity contribution in [1.82, 2.24) is 4.98 Å². The number of oxazole rings is 1. The smallest absolute Gasteiger partial charge is 0.408 e. The minimum Gasteiger partial charge on any atom is -0.408 e. The highest BCUT2D eigenvalue weighted by molar-refractivity contribution is 6.33.